The number of rotatable bonds is 11. The molecule has 0 aromatic heterocycles. The van der Waals surface area contributed by atoms with E-state index in [1.54, 1.807) is 23.1 Å². The van der Waals surface area contributed by atoms with Gasteiger partial charge in [0, 0.05) is 44.8 Å². The topological polar surface area (TPSA) is 49.4 Å². The zero-order chi connectivity index (χ0) is 27.6. The molecule has 0 bridgehead atoms. The van der Waals surface area contributed by atoms with Crippen LogP contribution in [0.1, 0.15) is 48.8 Å². The van der Waals surface area contributed by atoms with E-state index in [0.29, 0.717) is 27.8 Å². The lowest BCUT2D eigenvalue weighted by molar-refractivity contribution is -0.139. The average Bonchev–Trinajstić information content (AvgIpc) is 2.94. The maximum absolute atomic E-state index is 13.9. The molecule has 1 fully saturated rings. The number of carbonyl (C=O) groups is 2. The number of hydrogen-bond acceptors (Lipinski definition) is 3. The molecule has 206 valence electrons. The number of carbonyl (C=O) groups excluding carboxylic acids is 2. The lowest BCUT2D eigenvalue weighted by Crippen LogP contribution is -2.53. The summed E-state index contributed by atoms with van der Waals surface area (Å²) in [6.45, 7) is 0.159. The van der Waals surface area contributed by atoms with Crippen molar-refractivity contribution in [3.05, 3.63) is 104 Å². The molecule has 1 atom stereocenters. The predicted octanol–water partition coefficient (Wildman–Crippen LogP) is 8.08. The van der Waals surface area contributed by atoms with Gasteiger partial charge in [0.2, 0.25) is 11.8 Å². The molecule has 2 amide bonds. The van der Waals surface area contributed by atoms with Gasteiger partial charge in [-0.1, -0.05) is 107 Å². The van der Waals surface area contributed by atoms with Gasteiger partial charge >= 0.3 is 0 Å². The summed E-state index contributed by atoms with van der Waals surface area (Å²) in [6.07, 6.45) is 5.77. The standard InChI is InChI=1S/C31H33BrCl2N2O2S/c32-24-16-14-23(15-17-24)20-39-21-30(37)36(19-26-27(33)12-7-13-28(26)34)29(18-22-8-3-1-4-9-22)31(38)35-25-10-5-2-6-11-25/h1,3-4,7-9,12-17,25,29H,2,5-6,10-11,18-21H2,(H,35,38)/t29-/m1/s1. The van der Waals surface area contributed by atoms with E-state index in [-0.39, 0.29) is 30.2 Å². The van der Waals surface area contributed by atoms with E-state index in [1.807, 2.05) is 54.6 Å². The minimum absolute atomic E-state index is 0.118. The summed E-state index contributed by atoms with van der Waals surface area (Å²) >= 11 is 18.1. The van der Waals surface area contributed by atoms with E-state index >= 15 is 0 Å². The molecule has 0 spiro atoms. The first-order valence-corrected chi connectivity index (χ1v) is 16.0. The lowest BCUT2D eigenvalue weighted by Gasteiger charge is -2.34. The molecule has 0 heterocycles. The van der Waals surface area contributed by atoms with Gasteiger partial charge in [-0.2, -0.15) is 0 Å². The second-order valence-corrected chi connectivity index (χ2v) is 12.6. The molecule has 0 unspecified atom stereocenters. The monoisotopic (exact) mass is 646 g/mol. The molecule has 0 saturated heterocycles. The van der Waals surface area contributed by atoms with Crippen molar-refractivity contribution in [1.82, 2.24) is 10.2 Å². The SMILES string of the molecule is O=C(NC1CCCCC1)[C@@H](Cc1ccccc1)N(Cc1c(Cl)cccc1Cl)C(=O)CSCc1ccc(Br)cc1. The Morgan fingerprint density at radius 3 is 2.23 bits per heavy atom. The number of benzene rings is 3. The Morgan fingerprint density at radius 1 is 0.897 bits per heavy atom. The Morgan fingerprint density at radius 2 is 1.56 bits per heavy atom. The lowest BCUT2D eigenvalue weighted by atomic mass is 9.94. The molecule has 3 aromatic rings. The fourth-order valence-corrected chi connectivity index (χ4v) is 6.52. The van der Waals surface area contributed by atoms with Crippen molar-refractivity contribution in [2.75, 3.05) is 5.75 Å². The molecule has 0 radical (unpaired) electrons. The molecule has 3 aromatic carbocycles. The van der Waals surface area contributed by atoms with Crippen LogP contribution in [0.2, 0.25) is 10.0 Å². The fourth-order valence-electron chi connectivity index (χ4n) is 4.87. The van der Waals surface area contributed by atoms with E-state index in [2.05, 4.69) is 21.2 Å². The molecule has 1 aliphatic carbocycles. The number of amides is 2. The number of nitrogens with one attached hydrogen (secondary N) is 1. The zero-order valence-electron chi connectivity index (χ0n) is 21.8. The molecular weight excluding hydrogens is 615 g/mol. The summed E-state index contributed by atoms with van der Waals surface area (Å²) in [4.78, 5) is 29.4. The van der Waals surface area contributed by atoms with Crippen molar-refractivity contribution in [3.63, 3.8) is 0 Å². The summed E-state index contributed by atoms with van der Waals surface area (Å²) in [5.74, 6) is 0.685. The summed E-state index contributed by atoms with van der Waals surface area (Å²) in [6, 6.07) is 22.7. The van der Waals surface area contributed by atoms with Crippen molar-refractivity contribution < 1.29 is 9.59 Å². The molecule has 4 nitrogen and oxygen atoms in total. The molecule has 0 aliphatic heterocycles. The second kappa shape index (κ2) is 15.1. The van der Waals surface area contributed by atoms with Crippen LogP contribution < -0.4 is 5.32 Å². The van der Waals surface area contributed by atoms with Gasteiger partial charge in [-0.25, -0.2) is 0 Å². The molecule has 39 heavy (non-hydrogen) atoms. The second-order valence-electron chi connectivity index (χ2n) is 9.89. The van der Waals surface area contributed by atoms with Crippen LogP contribution in [-0.2, 0) is 28.3 Å². The quantitative estimate of drug-likeness (QED) is 0.229. The van der Waals surface area contributed by atoms with Gasteiger partial charge < -0.3 is 10.2 Å². The van der Waals surface area contributed by atoms with Crippen molar-refractivity contribution in [3.8, 4) is 0 Å². The number of halogens is 3. The van der Waals surface area contributed by atoms with Crippen molar-refractivity contribution in [1.29, 1.82) is 0 Å². The van der Waals surface area contributed by atoms with Crippen LogP contribution in [0.3, 0.4) is 0 Å². The van der Waals surface area contributed by atoms with Crippen LogP contribution in [0, 0.1) is 0 Å². The van der Waals surface area contributed by atoms with Gasteiger partial charge in [0.15, 0.2) is 0 Å². The maximum atomic E-state index is 13.9. The van der Waals surface area contributed by atoms with E-state index < -0.39 is 6.04 Å². The van der Waals surface area contributed by atoms with Crippen LogP contribution in [0.25, 0.3) is 0 Å². The van der Waals surface area contributed by atoms with Crippen LogP contribution in [-0.4, -0.2) is 34.6 Å². The third-order valence-electron chi connectivity index (χ3n) is 7.02. The predicted molar refractivity (Wildman–Crippen MR) is 166 cm³/mol. The zero-order valence-corrected chi connectivity index (χ0v) is 25.7. The highest BCUT2D eigenvalue weighted by molar-refractivity contribution is 9.10. The number of thioether (sulfide) groups is 1. The number of hydrogen-bond donors (Lipinski definition) is 1. The Hall–Kier alpha value is -1.99. The van der Waals surface area contributed by atoms with Gasteiger partial charge in [-0.3, -0.25) is 9.59 Å². The Balaban J connectivity index is 1.60. The van der Waals surface area contributed by atoms with E-state index in [4.69, 9.17) is 23.2 Å². The molecule has 1 aliphatic rings. The molecular formula is C31H33BrCl2N2O2S. The van der Waals surface area contributed by atoms with Gasteiger partial charge in [-0.15, -0.1) is 11.8 Å². The number of nitrogens with zero attached hydrogens (tertiary/aromatic N) is 1. The highest BCUT2D eigenvalue weighted by atomic mass is 79.9. The van der Waals surface area contributed by atoms with Gasteiger partial charge in [0.25, 0.3) is 0 Å². The van der Waals surface area contributed by atoms with E-state index in [9.17, 15) is 9.59 Å². The summed E-state index contributed by atoms with van der Waals surface area (Å²) in [5, 5.41) is 4.23. The maximum Gasteiger partial charge on any atom is 0.243 e. The summed E-state index contributed by atoms with van der Waals surface area (Å²) in [5.41, 5.74) is 2.77. The van der Waals surface area contributed by atoms with Crippen molar-refractivity contribution >= 4 is 62.7 Å². The van der Waals surface area contributed by atoms with Gasteiger partial charge in [0.05, 0.1) is 5.75 Å². The van der Waals surface area contributed by atoms with Crippen LogP contribution in [0.5, 0.6) is 0 Å². The smallest absolute Gasteiger partial charge is 0.243 e. The van der Waals surface area contributed by atoms with Gasteiger partial charge in [-0.05, 0) is 48.2 Å². The normalized spacial score (nSPS) is 14.5. The molecule has 4 rings (SSSR count). The fraction of sp³-hybridized carbons (Fsp3) is 0.355. The Bertz CT molecular complexity index is 1220. The minimum Gasteiger partial charge on any atom is -0.352 e. The van der Waals surface area contributed by atoms with Crippen LogP contribution in [0.15, 0.2) is 77.3 Å². The first-order chi connectivity index (χ1) is 18.9. The van der Waals surface area contributed by atoms with Crippen LogP contribution >= 0.6 is 50.9 Å². The highest BCUT2D eigenvalue weighted by Crippen LogP contribution is 2.28. The third kappa shape index (κ3) is 9.01. The first kappa shape index (κ1) is 30.0. The van der Waals surface area contributed by atoms with E-state index in [1.165, 1.54) is 18.2 Å². The first-order valence-electron chi connectivity index (χ1n) is 13.3. The average molecular weight is 648 g/mol. The summed E-state index contributed by atoms with van der Waals surface area (Å²) in [7, 11) is 0. The van der Waals surface area contributed by atoms with Crippen LogP contribution in [0.4, 0.5) is 0 Å². The van der Waals surface area contributed by atoms with Crippen molar-refractivity contribution in [2.24, 2.45) is 0 Å². The summed E-state index contributed by atoms with van der Waals surface area (Å²) < 4.78 is 1.02. The highest BCUT2D eigenvalue weighted by Gasteiger charge is 2.32. The minimum atomic E-state index is -0.692. The Kier molecular flexibility index (Phi) is 11.6. The largest absolute Gasteiger partial charge is 0.352 e. The van der Waals surface area contributed by atoms with E-state index in [0.717, 1.165) is 41.3 Å². The molecule has 8 heteroatoms. The van der Waals surface area contributed by atoms with Gasteiger partial charge in [0.1, 0.15) is 6.04 Å². The molecule has 1 N–H and O–H groups in total. The molecule has 1 saturated carbocycles. The van der Waals surface area contributed by atoms with Crippen molar-refractivity contribution in [2.45, 2.75) is 62.9 Å². The third-order valence-corrected chi connectivity index (χ3v) is 9.25. The Labute approximate surface area is 254 Å².